The van der Waals surface area contributed by atoms with Crippen molar-refractivity contribution in [3.05, 3.63) is 12.3 Å². The quantitative estimate of drug-likeness (QED) is 0.476. The summed E-state index contributed by atoms with van der Waals surface area (Å²) in [5, 5.41) is 3.59. The van der Waals surface area contributed by atoms with Gasteiger partial charge in [0.1, 0.15) is 6.10 Å². The van der Waals surface area contributed by atoms with Gasteiger partial charge < -0.3 is 14.8 Å². The zero-order valence-corrected chi connectivity index (χ0v) is 12.1. The molecule has 0 saturated carbocycles. The van der Waals surface area contributed by atoms with E-state index in [0.717, 1.165) is 12.8 Å². The van der Waals surface area contributed by atoms with Gasteiger partial charge in [0.15, 0.2) is 0 Å². The van der Waals surface area contributed by atoms with Gasteiger partial charge in [-0.25, -0.2) is 4.79 Å². The predicted octanol–water partition coefficient (Wildman–Crippen LogP) is 2.39. The molecule has 1 rings (SSSR count). The van der Waals surface area contributed by atoms with Gasteiger partial charge in [-0.3, -0.25) is 0 Å². The van der Waals surface area contributed by atoms with Crippen LogP contribution < -0.4 is 5.32 Å². The van der Waals surface area contributed by atoms with Crippen molar-refractivity contribution in [3.63, 3.8) is 0 Å². The van der Waals surface area contributed by atoms with E-state index in [2.05, 4.69) is 33.0 Å². The summed E-state index contributed by atoms with van der Waals surface area (Å²) < 4.78 is 10.4. The van der Waals surface area contributed by atoms with Gasteiger partial charge in [-0.2, -0.15) is 0 Å². The van der Waals surface area contributed by atoms with Gasteiger partial charge in [0, 0.05) is 23.9 Å². The summed E-state index contributed by atoms with van der Waals surface area (Å²) in [5.74, 6) is -0.357. The molecule has 4 nitrogen and oxygen atoms in total. The normalized spacial score (nSPS) is 22.9. The van der Waals surface area contributed by atoms with E-state index in [1.165, 1.54) is 12.3 Å². The van der Waals surface area contributed by atoms with Crippen LogP contribution in [0.5, 0.6) is 0 Å². The van der Waals surface area contributed by atoms with E-state index in [1.54, 1.807) is 6.92 Å². The highest BCUT2D eigenvalue weighted by atomic mass is 16.5. The van der Waals surface area contributed by atoms with Gasteiger partial charge in [-0.15, -0.1) is 0 Å². The number of carbonyl (C=O) groups excluding carboxylic acids is 1. The van der Waals surface area contributed by atoms with Crippen molar-refractivity contribution in [1.82, 2.24) is 5.32 Å². The Morgan fingerprint density at radius 1 is 1.28 bits per heavy atom. The Morgan fingerprint density at radius 3 is 2.33 bits per heavy atom. The van der Waals surface area contributed by atoms with Crippen LogP contribution in [-0.2, 0) is 14.3 Å². The highest BCUT2D eigenvalue weighted by Gasteiger charge is 2.38. The van der Waals surface area contributed by atoms with Gasteiger partial charge in [-0.1, -0.05) is 0 Å². The second-order valence-electron chi connectivity index (χ2n) is 6.11. The number of rotatable bonds is 4. The van der Waals surface area contributed by atoms with Crippen LogP contribution in [0.4, 0.5) is 0 Å². The first-order valence-electron chi connectivity index (χ1n) is 6.52. The molecule has 0 spiro atoms. The zero-order chi connectivity index (χ0) is 13.8. The summed E-state index contributed by atoms with van der Waals surface area (Å²) in [5.41, 5.74) is 0.0916. The minimum atomic E-state index is -0.357. The van der Waals surface area contributed by atoms with Crippen molar-refractivity contribution in [2.45, 2.75) is 64.6 Å². The summed E-state index contributed by atoms with van der Waals surface area (Å²) in [4.78, 5) is 11.1. The number of esters is 1. The minimum absolute atomic E-state index is 0.0458. The molecule has 0 aliphatic carbocycles. The molecule has 1 aliphatic heterocycles. The highest BCUT2D eigenvalue weighted by Crippen LogP contribution is 2.30. The number of hydrogen-bond acceptors (Lipinski definition) is 4. The smallest absolute Gasteiger partial charge is 0.333 e. The Kier molecular flexibility index (Phi) is 4.79. The van der Waals surface area contributed by atoms with Gasteiger partial charge >= 0.3 is 5.97 Å². The first kappa shape index (κ1) is 15.0. The summed E-state index contributed by atoms with van der Waals surface area (Å²) >= 11 is 0. The molecule has 1 heterocycles. The topological polar surface area (TPSA) is 47.6 Å². The van der Waals surface area contributed by atoms with Crippen LogP contribution in [-0.4, -0.2) is 29.8 Å². The van der Waals surface area contributed by atoms with Crippen LogP contribution in [0.25, 0.3) is 0 Å². The molecular weight excluding hydrogens is 230 g/mol. The van der Waals surface area contributed by atoms with Crippen molar-refractivity contribution in [3.8, 4) is 0 Å². The fourth-order valence-corrected chi connectivity index (χ4v) is 2.72. The van der Waals surface area contributed by atoms with Crippen molar-refractivity contribution in [2.24, 2.45) is 0 Å². The molecule has 1 saturated heterocycles. The molecule has 4 heteroatoms. The van der Waals surface area contributed by atoms with Crippen molar-refractivity contribution in [2.75, 3.05) is 6.61 Å². The van der Waals surface area contributed by atoms with E-state index in [9.17, 15) is 4.79 Å². The van der Waals surface area contributed by atoms with E-state index >= 15 is 0 Å². The predicted molar refractivity (Wildman–Crippen MR) is 71.2 cm³/mol. The molecule has 0 aromatic heterocycles. The van der Waals surface area contributed by atoms with E-state index < -0.39 is 0 Å². The van der Waals surface area contributed by atoms with Gasteiger partial charge in [-0.05, 0) is 34.6 Å². The van der Waals surface area contributed by atoms with E-state index in [-0.39, 0.29) is 23.2 Å². The van der Waals surface area contributed by atoms with Crippen LogP contribution in [0.3, 0.4) is 0 Å². The first-order valence-corrected chi connectivity index (χ1v) is 6.52. The SMILES string of the molecule is CCOC(=O)/C=C/OC1CC(C)(C)NC(C)(C)C1. The van der Waals surface area contributed by atoms with Crippen molar-refractivity contribution < 1.29 is 14.3 Å². The Morgan fingerprint density at radius 2 is 1.83 bits per heavy atom. The monoisotopic (exact) mass is 255 g/mol. The van der Waals surface area contributed by atoms with Gasteiger partial charge in [0.2, 0.25) is 0 Å². The molecule has 0 aromatic carbocycles. The molecule has 0 unspecified atom stereocenters. The van der Waals surface area contributed by atoms with Crippen LogP contribution in [0, 0.1) is 0 Å². The van der Waals surface area contributed by atoms with Crippen molar-refractivity contribution in [1.29, 1.82) is 0 Å². The summed E-state index contributed by atoms with van der Waals surface area (Å²) in [6.07, 6.45) is 4.76. The number of piperidine rings is 1. The Labute approximate surface area is 110 Å². The molecule has 0 amide bonds. The maximum Gasteiger partial charge on any atom is 0.333 e. The van der Waals surface area contributed by atoms with E-state index in [1.807, 2.05) is 0 Å². The zero-order valence-electron chi connectivity index (χ0n) is 12.1. The second-order valence-corrected chi connectivity index (χ2v) is 6.11. The lowest BCUT2D eigenvalue weighted by Crippen LogP contribution is -2.59. The standard InChI is InChI=1S/C14H25NO3/c1-6-17-12(16)7-8-18-11-9-13(2,3)15-14(4,5)10-11/h7-8,11,15H,6,9-10H2,1-5H3/b8-7+. The molecule has 0 radical (unpaired) electrons. The molecule has 18 heavy (non-hydrogen) atoms. The molecule has 0 bridgehead atoms. The Hall–Kier alpha value is -1.03. The molecule has 104 valence electrons. The maximum absolute atomic E-state index is 11.1. The molecular formula is C14H25NO3. The fourth-order valence-electron chi connectivity index (χ4n) is 2.72. The van der Waals surface area contributed by atoms with E-state index in [0.29, 0.717) is 6.61 Å². The van der Waals surface area contributed by atoms with Gasteiger partial charge in [0.25, 0.3) is 0 Å². The third-order valence-electron chi connectivity index (χ3n) is 2.91. The molecule has 1 N–H and O–H groups in total. The number of ether oxygens (including phenoxy) is 2. The lowest BCUT2D eigenvalue weighted by Gasteiger charge is -2.45. The second kappa shape index (κ2) is 5.74. The van der Waals surface area contributed by atoms with E-state index in [4.69, 9.17) is 9.47 Å². The molecule has 0 atom stereocenters. The number of hydrogen-bond donors (Lipinski definition) is 1. The highest BCUT2D eigenvalue weighted by molar-refractivity contribution is 5.81. The lowest BCUT2D eigenvalue weighted by molar-refractivity contribution is -0.137. The largest absolute Gasteiger partial charge is 0.498 e. The fraction of sp³-hybridized carbons (Fsp3) is 0.786. The third-order valence-corrected chi connectivity index (χ3v) is 2.91. The summed E-state index contributed by atoms with van der Waals surface area (Å²) in [6.45, 7) is 10.8. The molecule has 0 aromatic rings. The van der Waals surface area contributed by atoms with Crippen LogP contribution in [0.15, 0.2) is 12.3 Å². The molecule has 1 aliphatic rings. The van der Waals surface area contributed by atoms with Gasteiger partial charge in [0.05, 0.1) is 18.9 Å². The minimum Gasteiger partial charge on any atom is -0.498 e. The van der Waals surface area contributed by atoms with Crippen LogP contribution >= 0.6 is 0 Å². The first-order chi connectivity index (χ1) is 8.24. The maximum atomic E-state index is 11.1. The Bertz CT molecular complexity index is 305. The number of carbonyl (C=O) groups is 1. The average Bonchev–Trinajstić information content (AvgIpc) is 2.12. The third kappa shape index (κ3) is 5.08. The molecule has 1 fully saturated rings. The van der Waals surface area contributed by atoms with Crippen LogP contribution in [0.2, 0.25) is 0 Å². The summed E-state index contributed by atoms with van der Waals surface area (Å²) in [6, 6.07) is 0. The average molecular weight is 255 g/mol. The number of nitrogens with one attached hydrogen (secondary N) is 1. The van der Waals surface area contributed by atoms with Crippen LogP contribution in [0.1, 0.15) is 47.5 Å². The van der Waals surface area contributed by atoms with Crippen molar-refractivity contribution >= 4 is 5.97 Å². The Balaban J connectivity index is 2.49. The lowest BCUT2D eigenvalue weighted by atomic mass is 9.81. The summed E-state index contributed by atoms with van der Waals surface area (Å²) in [7, 11) is 0.